The van der Waals surface area contributed by atoms with E-state index >= 15 is 0 Å². The van der Waals surface area contributed by atoms with Crippen LogP contribution in [0.25, 0.3) is 0 Å². The quantitative estimate of drug-likeness (QED) is 0.799. The SMILES string of the molecule is Cc1nc(Cc2ccc3c(c2)OCO3)cs1. The predicted molar refractivity (Wildman–Crippen MR) is 62.2 cm³/mol. The molecular formula is C12H11NO2S. The summed E-state index contributed by atoms with van der Waals surface area (Å²) in [6, 6.07) is 6.04. The molecule has 2 aromatic rings. The Labute approximate surface area is 97.7 Å². The minimum atomic E-state index is 0.328. The van der Waals surface area contributed by atoms with E-state index in [-0.39, 0.29) is 0 Å². The van der Waals surface area contributed by atoms with Crippen LogP contribution in [0.3, 0.4) is 0 Å². The van der Waals surface area contributed by atoms with E-state index < -0.39 is 0 Å². The van der Waals surface area contributed by atoms with Crippen LogP contribution in [0.1, 0.15) is 16.3 Å². The average molecular weight is 233 g/mol. The Bertz CT molecular complexity index is 521. The van der Waals surface area contributed by atoms with Crippen LogP contribution < -0.4 is 9.47 Å². The van der Waals surface area contributed by atoms with Crippen molar-refractivity contribution < 1.29 is 9.47 Å². The Kier molecular flexibility index (Phi) is 2.29. The molecule has 0 radical (unpaired) electrons. The van der Waals surface area contributed by atoms with Crippen LogP contribution in [0.15, 0.2) is 23.6 Å². The van der Waals surface area contributed by atoms with Crippen LogP contribution in [0.5, 0.6) is 11.5 Å². The van der Waals surface area contributed by atoms with E-state index in [1.54, 1.807) is 11.3 Å². The third-order valence-electron chi connectivity index (χ3n) is 2.49. The number of aromatic nitrogens is 1. The van der Waals surface area contributed by atoms with Gasteiger partial charge in [0, 0.05) is 11.8 Å². The largest absolute Gasteiger partial charge is 0.454 e. The number of hydrogen-bond acceptors (Lipinski definition) is 4. The second-order valence-corrected chi connectivity index (χ2v) is 4.78. The van der Waals surface area contributed by atoms with Gasteiger partial charge in [-0.25, -0.2) is 4.98 Å². The zero-order valence-corrected chi connectivity index (χ0v) is 9.71. The molecule has 0 bridgehead atoms. The predicted octanol–water partition coefficient (Wildman–Crippen LogP) is 2.77. The fourth-order valence-electron chi connectivity index (χ4n) is 1.75. The molecule has 0 aliphatic carbocycles. The molecule has 1 aromatic heterocycles. The fraction of sp³-hybridized carbons (Fsp3) is 0.250. The van der Waals surface area contributed by atoms with E-state index in [2.05, 4.69) is 16.4 Å². The summed E-state index contributed by atoms with van der Waals surface area (Å²) in [5.41, 5.74) is 2.32. The van der Waals surface area contributed by atoms with Gasteiger partial charge >= 0.3 is 0 Å². The number of rotatable bonds is 2. The van der Waals surface area contributed by atoms with Gasteiger partial charge in [-0.2, -0.15) is 0 Å². The number of nitrogens with zero attached hydrogens (tertiary/aromatic N) is 1. The molecule has 4 heteroatoms. The minimum Gasteiger partial charge on any atom is -0.454 e. The van der Waals surface area contributed by atoms with E-state index in [1.165, 1.54) is 5.56 Å². The second kappa shape index (κ2) is 3.79. The fourth-order valence-corrected chi connectivity index (χ4v) is 2.36. The molecule has 0 unspecified atom stereocenters. The van der Waals surface area contributed by atoms with Crippen LogP contribution in [0, 0.1) is 6.92 Å². The molecule has 0 N–H and O–H groups in total. The van der Waals surface area contributed by atoms with Gasteiger partial charge in [0.1, 0.15) is 0 Å². The van der Waals surface area contributed by atoms with Crippen molar-refractivity contribution in [1.82, 2.24) is 4.98 Å². The second-order valence-electron chi connectivity index (χ2n) is 3.72. The monoisotopic (exact) mass is 233 g/mol. The van der Waals surface area contributed by atoms with Crippen LogP contribution in [0.2, 0.25) is 0 Å². The Morgan fingerprint density at radius 1 is 1.31 bits per heavy atom. The molecule has 0 saturated carbocycles. The molecule has 0 amide bonds. The van der Waals surface area contributed by atoms with Crippen molar-refractivity contribution in [2.24, 2.45) is 0 Å². The topological polar surface area (TPSA) is 31.4 Å². The normalized spacial score (nSPS) is 13.1. The smallest absolute Gasteiger partial charge is 0.231 e. The third-order valence-corrected chi connectivity index (χ3v) is 3.31. The molecule has 1 aliphatic heterocycles. The van der Waals surface area contributed by atoms with Crippen molar-refractivity contribution in [3.8, 4) is 11.5 Å². The molecule has 3 rings (SSSR count). The first-order chi connectivity index (χ1) is 7.81. The number of aryl methyl sites for hydroxylation is 1. The highest BCUT2D eigenvalue weighted by molar-refractivity contribution is 7.09. The van der Waals surface area contributed by atoms with Crippen molar-refractivity contribution in [1.29, 1.82) is 0 Å². The van der Waals surface area contributed by atoms with E-state index in [0.717, 1.165) is 28.6 Å². The van der Waals surface area contributed by atoms with Gasteiger partial charge in [-0.05, 0) is 24.6 Å². The Morgan fingerprint density at radius 2 is 2.19 bits per heavy atom. The van der Waals surface area contributed by atoms with Gasteiger partial charge in [-0.15, -0.1) is 11.3 Å². The van der Waals surface area contributed by atoms with Gasteiger partial charge in [-0.1, -0.05) is 6.07 Å². The number of thiazole rings is 1. The number of hydrogen-bond donors (Lipinski definition) is 0. The summed E-state index contributed by atoms with van der Waals surface area (Å²) in [5, 5.41) is 3.20. The van der Waals surface area contributed by atoms with Crippen molar-refractivity contribution in [2.45, 2.75) is 13.3 Å². The molecule has 0 spiro atoms. The van der Waals surface area contributed by atoms with Crippen molar-refractivity contribution in [2.75, 3.05) is 6.79 Å². The zero-order valence-electron chi connectivity index (χ0n) is 8.90. The molecule has 3 nitrogen and oxygen atoms in total. The highest BCUT2D eigenvalue weighted by Gasteiger charge is 2.13. The highest BCUT2D eigenvalue weighted by atomic mass is 32.1. The van der Waals surface area contributed by atoms with Gasteiger partial charge < -0.3 is 9.47 Å². The lowest BCUT2D eigenvalue weighted by molar-refractivity contribution is 0.174. The Morgan fingerprint density at radius 3 is 3.00 bits per heavy atom. The van der Waals surface area contributed by atoms with Crippen molar-refractivity contribution >= 4 is 11.3 Å². The van der Waals surface area contributed by atoms with Crippen LogP contribution >= 0.6 is 11.3 Å². The number of benzene rings is 1. The van der Waals surface area contributed by atoms with Crippen molar-refractivity contribution in [3.63, 3.8) is 0 Å². The van der Waals surface area contributed by atoms with Gasteiger partial charge in [0.15, 0.2) is 11.5 Å². The van der Waals surface area contributed by atoms with Gasteiger partial charge in [0.05, 0.1) is 10.7 Å². The lowest BCUT2D eigenvalue weighted by Crippen LogP contribution is -1.93. The van der Waals surface area contributed by atoms with Gasteiger partial charge in [-0.3, -0.25) is 0 Å². The first-order valence-electron chi connectivity index (χ1n) is 5.11. The maximum absolute atomic E-state index is 5.34. The summed E-state index contributed by atoms with van der Waals surface area (Å²) >= 11 is 1.68. The first kappa shape index (κ1) is 9.66. The van der Waals surface area contributed by atoms with Gasteiger partial charge in [0.25, 0.3) is 0 Å². The summed E-state index contributed by atoms with van der Waals surface area (Å²) in [6.07, 6.45) is 0.848. The highest BCUT2D eigenvalue weighted by Crippen LogP contribution is 2.33. The molecule has 82 valence electrons. The number of ether oxygens (including phenoxy) is 2. The Hall–Kier alpha value is -1.55. The van der Waals surface area contributed by atoms with E-state index in [1.807, 2.05) is 19.1 Å². The zero-order chi connectivity index (χ0) is 11.0. The summed E-state index contributed by atoms with van der Waals surface area (Å²) in [4.78, 5) is 4.45. The minimum absolute atomic E-state index is 0.328. The maximum Gasteiger partial charge on any atom is 0.231 e. The van der Waals surface area contributed by atoms with Gasteiger partial charge in [0.2, 0.25) is 6.79 Å². The average Bonchev–Trinajstić information content (AvgIpc) is 2.87. The Balaban J connectivity index is 1.85. The standard InChI is InChI=1S/C12H11NO2S/c1-8-13-10(6-16-8)4-9-2-3-11-12(5-9)15-7-14-11/h2-3,5-6H,4,7H2,1H3. The summed E-state index contributed by atoms with van der Waals surface area (Å²) in [5.74, 6) is 1.67. The van der Waals surface area contributed by atoms with Crippen molar-refractivity contribution in [3.05, 3.63) is 39.8 Å². The van der Waals surface area contributed by atoms with E-state index in [9.17, 15) is 0 Å². The first-order valence-corrected chi connectivity index (χ1v) is 5.99. The lowest BCUT2D eigenvalue weighted by atomic mass is 10.1. The summed E-state index contributed by atoms with van der Waals surface area (Å²) in [6.45, 7) is 2.35. The molecule has 16 heavy (non-hydrogen) atoms. The molecular weight excluding hydrogens is 222 g/mol. The molecule has 0 saturated heterocycles. The molecule has 2 heterocycles. The summed E-state index contributed by atoms with van der Waals surface area (Å²) < 4.78 is 10.6. The van der Waals surface area contributed by atoms with Crippen LogP contribution in [-0.2, 0) is 6.42 Å². The summed E-state index contributed by atoms with van der Waals surface area (Å²) in [7, 11) is 0. The lowest BCUT2D eigenvalue weighted by Gasteiger charge is -2.00. The third kappa shape index (κ3) is 1.76. The maximum atomic E-state index is 5.34. The van der Waals surface area contributed by atoms with Crippen LogP contribution in [-0.4, -0.2) is 11.8 Å². The molecule has 0 fully saturated rings. The molecule has 1 aromatic carbocycles. The molecule has 1 aliphatic rings. The van der Waals surface area contributed by atoms with E-state index in [0.29, 0.717) is 6.79 Å². The van der Waals surface area contributed by atoms with Crippen LogP contribution in [0.4, 0.5) is 0 Å². The number of fused-ring (bicyclic) bond motifs is 1. The van der Waals surface area contributed by atoms with E-state index in [4.69, 9.17) is 9.47 Å². The molecule has 0 atom stereocenters.